The minimum absolute atomic E-state index is 0.115. The molecule has 0 aromatic heterocycles. The van der Waals surface area contributed by atoms with Crippen LogP contribution in [-0.4, -0.2) is 38.3 Å². The van der Waals surface area contributed by atoms with E-state index in [0.29, 0.717) is 30.3 Å². The van der Waals surface area contributed by atoms with Crippen LogP contribution in [0.15, 0.2) is 30.3 Å². The van der Waals surface area contributed by atoms with Crippen molar-refractivity contribution in [3.8, 4) is 28.4 Å². The summed E-state index contributed by atoms with van der Waals surface area (Å²) >= 11 is 0. The van der Waals surface area contributed by atoms with Crippen molar-refractivity contribution in [1.29, 1.82) is 0 Å². The van der Waals surface area contributed by atoms with Gasteiger partial charge in [0, 0.05) is 23.0 Å². The van der Waals surface area contributed by atoms with Crippen LogP contribution < -0.4 is 14.2 Å². The standard InChI is InChI=1S/C22H24O5/c1-25-19-9-7-17(14-4-3-5-16-15(14)6-8-18(16)24)20(21(19)26-2)27-13-22(12-23)10-11-22/h3-5,7,9,23H,6,8,10-13H2,1-2H3. The Morgan fingerprint density at radius 3 is 2.41 bits per heavy atom. The molecule has 2 aliphatic carbocycles. The maximum atomic E-state index is 12.2. The van der Waals surface area contributed by atoms with Crippen LogP contribution in [0.4, 0.5) is 0 Å². The molecule has 0 heterocycles. The van der Waals surface area contributed by atoms with Crippen molar-refractivity contribution in [2.75, 3.05) is 27.4 Å². The van der Waals surface area contributed by atoms with Crippen LogP contribution in [0.5, 0.6) is 17.2 Å². The molecule has 0 bridgehead atoms. The van der Waals surface area contributed by atoms with Crippen molar-refractivity contribution >= 4 is 5.78 Å². The Bertz CT molecular complexity index is 883. The van der Waals surface area contributed by atoms with Crippen LogP contribution in [-0.2, 0) is 6.42 Å². The van der Waals surface area contributed by atoms with Crippen molar-refractivity contribution in [3.63, 3.8) is 0 Å². The van der Waals surface area contributed by atoms with Gasteiger partial charge in [0.2, 0.25) is 5.75 Å². The molecular formula is C22H24O5. The predicted molar refractivity (Wildman–Crippen MR) is 102 cm³/mol. The number of hydrogen-bond donors (Lipinski definition) is 1. The summed E-state index contributed by atoms with van der Waals surface area (Å²) in [6, 6.07) is 9.63. The van der Waals surface area contributed by atoms with Gasteiger partial charge in [0.1, 0.15) is 0 Å². The second-order valence-electron chi connectivity index (χ2n) is 7.38. The van der Waals surface area contributed by atoms with Gasteiger partial charge in [-0.3, -0.25) is 4.79 Å². The zero-order valence-corrected chi connectivity index (χ0v) is 15.7. The van der Waals surface area contributed by atoms with Gasteiger partial charge < -0.3 is 19.3 Å². The molecule has 0 aliphatic heterocycles. The van der Waals surface area contributed by atoms with Gasteiger partial charge in [-0.15, -0.1) is 0 Å². The molecule has 5 heteroatoms. The van der Waals surface area contributed by atoms with E-state index >= 15 is 0 Å². The highest BCUT2D eigenvalue weighted by molar-refractivity contribution is 6.02. The third kappa shape index (κ3) is 3.06. The first kappa shape index (κ1) is 17.9. The molecule has 5 nitrogen and oxygen atoms in total. The maximum Gasteiger partial charge on any atom is 0.203 e. The van der Waals surface area contributed by atoms with Crippen LogP contribution >= 0.6 is 0 Å². The first-order chi connectivity index (χ1) is 13.1. The number of rotatable bonds is 7. The smallest absolute Gasteiger partial charge is 0.203 e. The van der Waals surface area contributed by atoms with E-state index in [1.54, 1.807) is 14.2 Å². The SMILES string of the molecule is COc1ccc(-c2cccc3c2CCC3=O)c(OCC2(CO)CC2)c1OC. The number of methoxy groups -OCH3 is 2. The predicted octanol–water partition coefficient (Wildman–Crippen LogP) is 3.65. The molecule has 0 saturated heterocycles. The Labute approximate surface area is 158 Å². The fourth-order valence-electron chi connectivity index (χ4n) is 3.75. The highest BCUT2D eigenvalue weighted by Gasteiger charge is 2.43. The Balaban J connectivity index is 1.82. The van der Waals surface area contributed by atoms with E-state index in [1.165, 1.54) is 0 Å². The van der Waals surface area contributed by atoms with E-state index < -0.39 is 0 Å². The first-order valence-electron chi connectivity index (χ1n) is 9.26. The number of ketones is 1. The van der Waals surface area contributed by atoms with Crippen LogP contribution in [0.1, 0.15) is 35.2 Å². The Morgan fingerprint density at radius 1 is 0.963 bits per heavy atom. The van der Waals surface area contributed by atoms with E-state index in [4.69, 9.17) is 14.2 Å². The minimum atomic E-state index is -0.153. The van der Waals surface area contributed by atoms with Gasteiger partial charge in [0.15, 0.2) is 17.3 Å². The van der Waals surface area contributed by atoms with Gasteiger partial charge in [0.25, 0.3) is 0 Å². The lowest BCUT2D eigenvalue weighted by Crippen LogP contribution is -2.17. The molecule has 2 aromatic carbocycles. The number of carbonyl (C=O) groups excluding carboxylic acids is 1. The van der Waals surface area contributed by atoms with Gasteiger partial charge >= 0.3 is 0 Å². The van der Waals surface area contributed by atoms with Crippen LogP contribution in [0.3, 0.4) is 0 Å². The van der Waals surface area contributed by atoms with Gasteiger partial charge in [0.05, 0.1) is 27.4 Å². The van der Waals surface area contributed by atoms with E-state index in [-0.39, 0.29) is 17.8 Å². The molecular weight excluding hydrogens is 344 g/mol. The summed E-state index contributed by atoms with van der Waals surface area (Å²) in [5, 5.41) is 9.63. The molecule has 1 N–H and O–H groups in total. The number of fused-ring (bicyclic) bond motifs is 1. The summed E-state index contributed by atoms with van der Waals surface area (Å²) in [4.78, 5) is 12.2. The molecule has 0 radical (unpaired) electrons. The fourth-order valence-corrected chi connectivity index (χ4v) is 3.75. The van der Waals surface area contributed by atoms with E-state index in [2.05, 4.69) is 0 Å². The lowest BCUT2D eigenvalue weighted by Gasteiger charge is -2.21. The summed E-state index contributed by atoms with van der Waals surface area (Å²) in [5.41, 5.74) is 3.57. The number of hydrogen-bond acceptors (Lipinski definition) is 5. The second kappa shape index (κ2) is 6.89. The third-order valence-corrected chi connectivity index (χ3v) is 5.68. The number of Topliss-reactive ketones (excluding diaryl/α,β-unsaturated/α-hetero) is 1. The van der Waals surface area contributed by atoms with Crippen LogP contribution in [0.25, 0.3) is 11.1 Å². The topological polar surface area (TPSA) is 65.0 Å². The average Bonchev–Trinajstić information content (AvgIpc) is 3.40. The number of benzene rings is 2. The summed E-state index contributed by atoms with van der Waals surface area (Å²) < 4.78 is 17.3. The van der Waals surface area contributed by atoms with E-state index in [9.17, 15) is 9.90 Å². The normalized spacial score (nSPS) is 16.8. The van der Waals surface area contributed by atoms with Crippen LogP contribution in [0, 0.1) is 5.41 Å². The molecule has 2 aliphatic rings. The molecule has 0 atom stereocenters. The molecule has 0 spiro atoms. The second-order valence-corrected chi connectivity index (χ2v) is 7.38. The molecule has 2 aromatic rings. The van der Waals surface area contributed by atoms with Crippen molar-refractivity contribution in [3.05, 3.63) is 41.5 Å². The zero-order chi connectivity index (χ0) is 19.0. The number of carbonyl (C=O) groups is 1. The summed E-state index contributed by atoms with van der Waals surface area (Å²) in [6.07, 6.45) is 3.20. The lowest BCUT2D eigenvalue weighted by atomic mass is 9.95. The molecule has 1 saturated carbocycles. The molecule has 142 valence electrons. The quantitative estimate of drug-likeness (QED) is 0.808. The number of aliphatic hydroxyl groups is 1. The summed E-state index contributed by atoms with van der Waals surface area (Å²) in [5.74, 6) is 1.91. The Kier molecular flexibility index (Phi) is 4.56. The van der Waals surface area contributed by atoms with Gasteiger partial charge in [-0.05, 0) is 42.5 Å². The average molecular weight is 368 g/mol. The van der Waals surface area contributed by atoms with E-state index in [1.807, 2.05) is 30.3 Å². The lowest BCUT2D eigenvalue weighted by molar-refractivity contribution is 0.0994. The zero-order valence-electron chi connectivity index (χ0n) is 15.7. The first-order valence-corrected chi connectivity index (χ1v) is 9.26. The van der Waals surface area contributed by atoms with Crippen LogP contribution in [0.2, 0.25) is 0 Å². The molecule has 4 rings (SSSR count). The number of aliphatic hydroxyl groups excluding tert-OH is 1. The molecule has 0 amide bonds. The minimum Gasteiger partial charge on any atom is -0.493 e. The maximum absolute atomic E-state index is 12.2. The van der Waals surface area contributed by atoms with Gasteiger partial charge in [-0.25, -0.2) is 0 Å². The number of ether oxygens (including phenoxy) is 3. The highest BCUT2D eigenvalue weighted by Crippen LogP contribution is 2.50. The van der Waals surface area contributed by atoms with Gasteiger partial charge in [-0.2, -0.15) is 0 Å². The van der Waals surface area contributed by atoms with Crippen molar-refractivity contribution in [2.45, 2.75) is 25.7 Å². The largest absolute Gasteiger partial charge is 0.493 e. The fraction of sp³-hybridized carbons (Fsp3) is 0.409. The summed E-state index contributed by atoms with van der Waals surface area (Å²) in [6.45, 7) is 0.540. The van der Waals surface area contributed by atoms with E-state index in [0.717, 1.165) is 41.5 Å². The Morgan fingerprint density at radius 2 is 1.74 bits per heavy atom. The monoisotopic (exact) mass is 368 g/mol. The molecule has 0 unspecified atom stereocenters. The van der Waals surface area contributed by atoms with Crippen molar-refractivity contribution in [2.24, 2.45) is 5.41 Å². The molecule has 27 heavy (non-hydrogen) atoms. The highest BCUT2D eigenvalue weighted by atomic mass is 16.5. The third-order valence-electron chi connectivity index (χ3n) is 5.68. The van der Waals surface area contributed by atoms with Gasteiger partial charge in [-0.1, -0.05) is 18.2 Å². The van der Waals surface area contributed by atoms with Crippen molar-refractivity contribution < 1.29 is 24.1 Å². The van der Waals surface area contributed by atoms with Crippen molar-refractivity contribution in [1.82, 2.24) is 0 Å². The Hall–Kier alpha value is -2.53. The molecule has 1 fully saturated rings. The summed E-state index contributed by atoms with van der Waals surface area (Å²) in [7, 11) is 3.18.